The molecular weight excluding hydrogens is 427 g/mol. The second-order valence-electron chi connectivity index (χ2n) is 3.71. The van der Waals surface area contributed by atoms with Crippen molar-refractivity contribution in [1.29, 1.82) is 0 Å². The third-order valence-corrected chi connectivity index (χ3v) is 4.88. The van der Waals surface area contributed by atoms with Gasteiger partial charge in [0.25, 0.3) is 0 Å². The standard InChI is InChI=1S/C13H10BrIO2S/c1-17-12-3-2-8(4-10(12)14)5-11(16)9-6-13(15)18-7-9/h2-4,6-7H,5H2,1H3. The fraction of sp³-hybridized carbons (Fsp3) is 0.154. The number of ether oxygens (including phenoxy) is 1. The largest absolute Gasteiger partial charge is 0.496 e. The fourth-order valence-corrected chi connectivity index (χ4v) is 3.50. The number of hydrogen-bond donors (Lipinski definition) is 0. The lowest BCUT2D eigenvalue weighted by Gasteiger charge is -2.05. The van der Waals surface area contributed by atoms with Crippen molar-refractivity contribution in [3.8, 4) is 5.75 Å². The van der Waals surface area contributed by atoms with E-state index in [0.717, 1.165) is 24.2 Å². The lowest BCUT2D eigenvalue weighted by Crippen LogP contribution is -2.02. The van der Waals surface area contributed by atoms with Gasteiger partial charge >= 0.3 is 0 Å². The number of rotatable bonds is 4. The lowest BCUT2D eigenvalue weighted by atomic mass is 10.1. The Morgan fingerprint density at radius 2 is 2.22 bits per heavy atom. The van der Waals surface area contributed by atoms with Crippen LogP contribution in [0.2, 0.25) is 0 Å². The summed E-state index contributed by atoms with van der Waals surface area (Å²) in [7, 11) is 1.62. The Morgan fingerprint density at radius 1 is 1.44 bits per heavy atom. The third-order valence-electron chi connectivity index (χ3n) is 2.47. The van der Waals surface area contributed by atoms with E-state index in [4.69, 9.17) is 4.74 Å². The topological polar surface area (TPSA) is 26.3 Å². The number of halogens is 2. The summed E-state index contributed by atoms with van der Waals surface area (Å²) in [6.07, 6.45) is 0.412. The minimum absolute atomic E-state index is 0.145. The Kier molecular flexibility index (Phi) is 4.80. The molecule has 0 aliphatic heterocycles. The van der Waals surface area contributed by atoms with E-state index in [-0.39, 0.29) is 5.78 Å². The number of carbonyl (C=O) groups is 1. The molecule has 1 aromatic heterocycles. The van der Waals surface area contributed by atoms with Crippen molar-refractivity contribution in [2.24, 2.45) is 0 Å². The molecule has 0 aliphatic rings. The van der Waals surface area contributed by atoms with Gasteiger partial charge in [-0.25, -0.2) is 0 Å². The smallest absolute Gasteiger partial charge is 0.168 e. The Hall–Kier alpha value is -0.400. The molecule has 2 aromatic rings. The summed E-state index contributed by atoms with van der Waals surface area (Å²) in [6, 6.07) is 7.63. The van der Waals surface area contributed by atoms with Crippen molar-refractivity contribution in [2.45, 2.75) is 6.42 Å². The number of benzene rings is 1. The van der Waals surface area contributed by atoms with E-state index < -0.39 is 0 Å². The minimum Gasteiger partial charge on any atom is -0.496 e. The van der Waals surface area contributed by atoms with E-state index in [2.05, 4.69) is 38.5 Å². The molecule has 94 valence electrons. The average molecular weight is 437 g/mol. The molecule has 0 saturated heterocycles. The van der Waals surface area contributed by atoms with Crippen LogP contribution in [0.25, 0.3) is 0 Å². The van der Waals surface area contributed by atoms with Crippen LogP contribution >= 0.6 is 49.9 Å². The summed E-state index contributed by atoms with van der Waals surface area (Å²) in [6.45, 7) is 0. The number of hydrogen-bond acceptors (Lipinski definition) is 3. The van der Waals surface area contributed by atoms with Crippen molar-refractivity contribution < 1.29 is 9.53 Å². The molecule has 2 rings (SSSR count). The fourth-order valence-electron chi connectivity index (χ4n) is 1.56. The van der Waals surface area contributed by atoms with E-state index in [1.807, 2.05) is 29.6 Å². The summed E-state index contributed by atoms with van der Waals surface area (Å²) in [5, 5.41) is 1.91. The first kappa shape index (κ1) is 14.0. The molecule has 1 aromatic carbocycles. The van der Waals surface area contributed by atoms with Crippen molar-refractivity contribution in [1.82, 2.24) is 0 Å². The summed E-state index contributed by atoms with van der Waals surface area (Å²) in [4.78, 5) is 12.0. The van der Waals surface area contributed by atoms with Gasteiger partial charge < -0.3 is 4.74 Å². The van der Waals surface area contributed by atoms with Gasteiger partial charge in [0, 0.05) is 17.4 Å². The number of ketones is 1. The van der Waals surface area contributed by atoms with E-state index in [0.29, 0.717) is 6.42 Å². The predicted molar refractivity (Wildman–Crippen MR) is 85.8 cm³/mol. The van der Waals surface area contributed by atoms with Gasteiger partial charge in [-0.2, -0.15) is 0 Å². The summed E-state index contributed by atoms with van der Waals surface area (Å²) in [5.74, 6) is 0.919. The highest BCUT2D eigenvalue weighted by molar-refractivity contribution is 14.1. The first-order valence-corrected chi connectivity index (χ1v) is 7.95. The molecule has 0 atom stereocenters. The molecule has 0 amide bonds. The number of thiophene rings is 1. The van der Waals surface area contributed by atoms with Gasteiger partial charge in [-0.05, 0) is 62.3 Å². The Morgan fingerprint density at radius 3 is 2.78 bits per heavy atom. The van der Waals surface area contributed by atoms with Gasteiger partial charge in [-0.1, -0.05) is 6.07 Å². The molecule has 0 spiro atoms. The molecule has 0 unspecified atom stereocenters. The zero-order chi connectivity index (χ0) is 13.1. The SMILES string of the molecule is COc1ccc(CC(=O)c2csc(I)c2)cc1Br. The van der Waals surface area contributed by atoms with Crippen LogP contribution in [-0.4, -0.2) is 12.9 Å². The predicted octanol–water partition coefficient (Wildman–Crippen LogP) is 4.55. The molecule has 0 bridgehead atoms. The minimum atomic E-state index is 0.145. The maximum Gasteiger partial charge on any atom is 0.168 e. The second kappa shape index (κ2) is 6.16. The highest BCUT2D eigenvalue weighted by Gasteiger charge is 2.10. The van der Waals surface area contributed by atoms with Crippen LogP contribution in [0.4, 0.5) is 0 Å². The van der Waals surface area contributed by atoms with Crippen molar-refractivity contribution in [3.63, 3.8) is 0 Å². The zero-order valence-electron chi connectivity index (χ0n) is 9.57. The van der Waals surface area contributed by atoms with Crippen LogP contribution in [0.1, 0.15) is 15.9 Å². The quantitative estimate of drug-likeness (QED) is 0.519. The second-order valence-corrected chi connectivity index (χ2v) is 7.37. The molecule has 1 heterocycles. The molecule has 0 saturated carbocycles. The molecule has 0 N–H and O–H groups in total. The molecule has 0 radical (unpaired) electrons. The van der Waals surface area contributed by atoms with Gasteiger partial charge in [-0.15, -0.1) is 11.3 Å². The maximum atomic E-state index is 12.0. The highest BCUT2D eigenvalue weighted by atomic mass is 127. The van der Waals surface area contributed by atoms with E-state index in [1.54, 1.807) is 18.4 Å². The van der Waals surface area contributed by atoms with Crippen LogP contribution in [0, 0.1) is 2.88 Å². The summed E-state index contributed by atoms with van der Waals surface area (Å²) in [5.41, 5.74) is 1.77. The Labute approximate surface area is 132 Å². The van der Waals surface area contributed by atoms with Gasteiger partial charge in [0.15, 0.2) is 5.78 Å². The van der Waals surface area contributed by atoms with Crippen molar-refractivity contribution in [3.05, 3.63) is 48.1 Å². The van der Waals surface area contributed by atoms with Crippen LogP contribution in [-0.2, 0) is 6.42 Å². The third kappa shape index (κ3) is 3.33. The van der Waals surface area contributed by atoms with Gasteiger partial charge in [0.05, 0.1) is 14.5 Å². The molecule has 2 nitrogen and oxygen atoms in total. The van der Waals surface area contributed by atoms with Crippen LogP contribution in [0.15, 0.2) is 34.1 Å². The average Bonchev–Trinajstić information content (AvgIpc) is 2.76. The Bertz CT molecular complexity index is 580. The summed E-state index contributed by atoms with van der Waals surface area (Å²) >= 11 is 7.23. The van der Waals surface area contributed by atoms with Crippen molar-refractivity contribution in [2.75, 3.05) is 7.11 Å². The van der Waals surface area contributed by atoms with Crippen molar-refractivity contribution >= 4 is 55.6 Å². The van der Waals surface area contributed by atoms with E-state index in [9.17, 15) is 4.79 Å². The summed E-state index contributed by atoms with van der Waals surface area (Å²) < 4.78 is 7.16. The molecule has 0 fully saturated rings. The van der Waals surface area contributed by atoms with Gasteiger partial charge in [0.2, 0.25) is 0 Å². The van der Waals surface area contributed by atoms with Crippen LogP contribution in [0.5, 0.6) is 5.75 Å². The first-order chi connectivity index (χ1) is 8.60. The van der Waals surface area contributed by atoms with Gasteiger partial charge in [-0.3, -0.25) is 4.79 Å². The first-order valence-electron chi connectivity index (χ1n) is 5.20. The van der Waals surface area contributed by atoms with Gasteiger partial charge in [0.1, 0.15) is 5.75 Å². The normalized spacial score (nSPS) is 10.4. The maximum absolute atomic E-state index is 12.0. The molecule has 5 heteroatoms. The molecular formula is C13H10BrIO2S. The molecule has 18 heavy (non-hydrogen) atoms. The molecule has 0 aliphatic carbocycles. The zero-order valence-corrected chi connectivity index (χ0v) is 14.1. The van der Waals surface area contributed by atoms with Crippen LogP contribution < -0.4 is 4.74 Å². The number of methoxy groups -OCH3 is 1. The van der Waals surface area contributed by atoms with E-state index in [1.165, 1.54) is 0 Å². The number of Topliss-reactive ketones (excluding diaryl/α,β-unsaturated/α-hetero) is 1. The monoisotopic (exact) mass is 436 g/mol. The Balaban J connectivity index is 2.14. The lowest BCUT2D eigenvalue weighted by molar-refractivity contribution is 0.0993. The highest BCUT2D eigenvalue weighted by Crippen LogP contribution is 2.26. The number of carbonyl (C=O) groups excluding carboxylic acids is 1. The van der Waals surface area contributed by atoms with E-state index >= 15 is 0 Å². The van der Waals surface area contributed by atoms with Crippen LogP contribution in [0.3, 0.4) is 0 Å².